The van der Waals surface area contributed by atoms with Gasteiger partial charge in [0.15, 0.2) is 0 Å². The summed E-state index contributed by atoms with van der Waals surface area (Å²) in [4.78, 5) is 7.33. The van der Waals surface area contributed by atoms with E-state index in [2.05, 4.69) is 34.6 Å². The average Bonchev–Trinajstić information content (AvgIpc) is 2.87. The van der Waals surface area contributed by atoms with E-state index in [0.717, 1.165) is 24.5 Å². The molecular formula is C14H23N3S. The fourth-order valence-corrected chi connectivity index (χ4v) is 4.38. The van der Waals surface area contributed by atoms with Crippen LogP contribution >= 0.6 is 11.3 Å². The third kappa shape index (κ3) is 2.46. The van der Waals surface area contributed by atoms with Gasteiger partial charge in [-0.05, 0) is 39.7 Å². The van der Waals surface area contributed by atoms with E-state index in [-0.39, 0.29) is 0 Å². The van der Waals surface area contributed by atoms with Crippen LogP contribution in [0, 0.1) is 6.92 Å². The number of thiazole rings is 1. The Labute approximate surface area is 114 Å². The summed E-state index contributed by atoms with van der Waals surface area (Å²) in [6.07, 6.45) is 6.61. The molecule has 2 aliphatic rings. The first-order valence-electron chi connectivity index (χ1n) is 7.10. The van der Waals surface area contributed by atoms with E-state index in [4.69, 9.17) is 0 Å². The van der Waals surface area contributed by atoms with Crippen LogP contribution in [0.25, 0.3) is 0 Å². The first-order valence-corrected chi connectivity index (χ1v) is 7.98. The SMILES string of the molecule is CNC1CC2CCC(C1)N2CCc1nc(C)cs1. The van der Waals surface area contributed by atoms with Crippen molar-refractivity contribution in [1.82, 2.24) is 15.2 Å². The molecule has 3 rings (SSSR count). The topological polar surface area (TPSA) is 28.2 Å². The molecule has 0 aliphatic carbocycles. The zero-order valence-electron chi connectivity index (χ0n) is 11.4. The van der Waals surface area contributed by atoms with Gasteiger partial charge in [0, 0.05) is 42.2 Å². The lowest BCUT2D eigenvalue weighted by Crippen LogP contribution is -2.48. The standard InChI is InChI=1S/C14H23N3S/c1-10-9-18-14(16-10)5-6-17-12-3-4-13(17)8-11(7-12)15-2/h9,11-13,15H,3-8H2,1-2H3. The van der Waals surface area contributed by atoms with E-state index in [9.17, 15) is 0 Å². The van der Waals surface area contributed by atoms with Gasteiger partial charge in [-0.2, -0.15) is 0 Å². The fourth-order valence-electron chi connectivity index (χ4n) is 3.62. The minimum absolute atomic E-state index is 0.751. The number of fused-ring (bicyclic) bond motifs is 2. The van der Waals surface area contributed by atoms with Gasteiger partial charge in [0.05, 0.1) is 5.01 Å². The molecule has 100 valence electrons. The van der Waals surface area contributed by atoms with Crippen molar-refractivity contribution < 1.29 is 0 Å². The van der Waals surface area contributed by atoms with Gasteiger partial charge in [-0.1, -0.05) is 0 Å². The summed E-state index contributed by atoms with van der Waals surface area (Å²) >= 11 is 1.82. The first kappa shape index (κ1) is 12.6. The first-order chi connectivity index (χ1) is 8.76. The average molecular weight is 265 g/mol. The Bertz CT molecular complexity index is 389. The van der Waals surface area contributed by atoms with Crippen molar-refractivity contribution in [1.29, 1.82) is 0 Å². The van der Waals surface area contributed by atoms with Crippen LogP contribution in [0.5, 0.6) is 0 Å². The number of piperidine rings is 1. The number of hydrogen-bond donors (Lipinski definition) is 1. The number of nitrogens with zero attached hydrogens (tertiary/aromatic N) is 2. The summed E-state index contributed by atoms with van der Waals surface area (Å²) in [5, 5.41) is 6.94. The maximum absolute atomic E-state index is 4.58. The number of aryl methyl sites for hydroxylation is 1. The molecule has 2 bridgehead atoms. The van der Waals surface area contributed by atoms with Gasteiger partial charge in [-0.25, -0.2) is 4.98 Å². The Morgan fingerprint density at radius 1 is 1.39 bits per heavy atom. The highest BCUT2D eigenvalue weighted by Gasteiger charge is 2.39. The minimum atomic E-state index is 0.751. The summed E-state index contributed by atoms with van der Waals surface area (Å²) < 4.78 is 0. The molecule has 0 spiro atoms. The molecule has 0 radical (unpaired) electrons. The van der Waals surface area contributed by atoms with E-state index in [0.29, 0.717) is 0 Å². The maximum Gasteiger partial charge on any atom is 0.0940 e. The molecule has 2 saturated heterocycles. The molecule has 1 N–H and O–H groups in total. The molecule has 4 heteroatoms. The van der Waals surface area contributed by atoms with Crippen molar-refractivity contribution in [2.24, 2.45) is 0 Å². The van der Waals surface area contributed by atoms with Crippen molar-refractivity contribution in [2.75, 3.05) is 13.6 Å². The third-order valence-corrected chi connectivity index (χ3v) is 5.57. The van der Waals surface area contributed by atoms with Gasteiger partial charge in [0.25, 0.3) is 0 Å². The van der Waals surface area contributed by atoms with Crippen molar-refractivity contribution >= 4 is 11.3 Å². The van der Waals surface area contributed by atoms with E-state index in [1.54, 1.807) is 0 Å². The molecule has 3 heterocycles. The number of hydrogen-bond acceptors (Lipinski definition) is 4. The van der Waals surface area contributed by atoms with Crippen molar-refractivity contribution in [3.8, 4) is 0 Å². The minimum Gasteiger partial charge on any atom is -0.317 e. The largest absolute Gasteiger partial charge is 0.317 e. The molecule has 2 atom stereocenters. The maximum atomic E-state index is 4.58. The van der Waals surface area contributed by atoms with Crippen LogP contribution in [-0.2, 0) is 6.42 Å². The molecule has 2 unspecified atom stereocenters. The quantitative estimate of drug-likeness (QED) is 0.904. The zero-order chi connectivity index (χ0) is 12.5. The lowest BCUT2D eigenvalue weighted by molar-refractivity contribution is 0.121. The summed E-state index contributed by atoms with van der Waals surface area (Å²) in [5.41, 5.74) is 1.17. The van der Waals surface area contributed by atoms with Crippen LogP contribution in [0.4, 0.5) is 0 Å². The van der Waals surface area contributed by atoms with E-state index >= 15 is 0 Å². The Hall–Kier alpha value is -0.450. The molecule has 18 heavy (non-hydrogen) atoms. The zero-order valence-corrected chi connectivity index (χ0v) is 12.2. The number of nitrogens with one attached hydrogen (secondary N) is 1. The van der Waals surface area contributed by atoms with Gasteiger partial charge >= 0.3 is 0 Å². The molecule has 0 amide bonds. The van der Waals surface area contributed by atoms with Gasteiger partial charge < -0.3 is 5.32 Å². The third-order valence-electron chi connectivity index (χ3n) is 4.54. The molecule has 0 aromatic carbocycles. The van der Waals surface area contributed by atoms with E-state index in [1.165, 1.54) is 42.9 Å². The van der Waals surface area contributed by atoms with Crippen LogP contribution in [0.1, 0.15) is 36.4 Å². The Kier molecular flexibility index (Phi) is 3.68. The highest BCUT2D eigenvalue weighted by atomic mass is 32.1. The van der Waals surface area contributed by atoms with Gasteiger partial charge in [0.2, 0.25) is 0 Å². The van der Waals surface area contributed by atoms with E-state index in [1.807, 2.05) is 11.3 Å². The second-order valence-corrected chi connectivity index (χ2v) is 6.66. The lowest BCUT2D eigenvalue weighted by atomic mass is 9.97. The molecule has 3 nitrogen and oxygen atoms in total. The molecule has 1 aromatic rings. The van der Waals surface area contributed by atoms with Crippen LogP contribution in [-0.4, -0.2) is 41.6 Å². The Balaban J connectivity index is 1.58. The van der Waals surface area contributed by atoms with Crippen LogP contribution in [0.3, 0.4) is 0 Å². The van der Waals surface area contributed by atoms with Crippen molar-refractivity contribution in [3.05, 3.63) is 16.1 Å². The second-order valence-electron chi connectivity index (χ2n) is 5.71. The normalized spacial score (nSPS) is 32.0. The van der Waals surface area contributed by atoms with Gasteiger partial charge in [-0.15, -0.1) is 11.3 Å². The van der Waals surface area contributed by atoms with Crippen LogP contribution in [0.2, 0.25) is 0 Å². The van der Waals surface area contributed by atoms with Crippen molar-refractivity contribution in [2.45, 2.75) is 57.2 Å². The summed E-state index contributed by atoms with van der Waals surface area (Å²) in [5.74, 6) is 0. The van der Waals surface area contributed by atoms with Gasteiger partial charge in [0.1, 0.15) is 0 Å². The smallest absolute Gasteiger partial charge is 0.0940 e. The van der Waals surface area contributed by atoms with Crippen molar-refractivity contribution in [3.63, 3.8) is 0 Å². The molecule has 1 aromatic heterocycles. The predicted octanol–water partition coefficient (Wildman–Crippen LogP) is 2.21. The highest BCUT2D eigenvalue weighted by molar-refractivity contribution is 7.09. The van der Waals surface area contributed by atoms with Gasteiger partial charge in [-0.3, -0.25) is 4.90 Å². The van der Waals surface area contributed by atoms with E-state index < -0.39 is 0 Å². The molecule has 2 aliphatic heterocycles. The lowest BCUT2D eigenvalue weighted by Gasteiger charge is -2.38. The number of rotatable bonds is 4. The highest BCUT2D eigenvalue weighted by Crippen LogP contribution is 2.35. The Morgan fingerprint density at radius 3 is 2.67 bits per heavy atom. The predicted molar refractivity (Wildman–Crippen MR) is 76.2 cm³/mol. The van der Waals surface area contributed by atoms with Crippen LogP contribution in [0.15, 0.2) is 5.38 Å². The summed E-state index contributed by atoms with van der Waals surface area (Å²) in [6.45, 7) is 3.29. The molecular weight excluding hydrogens is 242 g/mol. The number of aromatic nitrogens is 1. The molecule has 2 fully saturated rings. The monoisotopic (exact) mass is 265 g/mol. The van der Waals surface area contributed by atoms with Crippen LogP contribution < -0.4 is 5.32 Å². The fraction of sp³-hybridized carbons (Fsp3) is 0.786. The Morgan fingerprint density at radius 2 is 2.11 bits per heavy atom. The summed E-state index contributed by atoms with van der Waals surface area (Å²) in [6, 6.07) is 2.39. The second kappa shape index (κ2) is 5.27. The molecule has 0 saturated carbocycles. The summed E-state index contributed by atoms with van der Waals surface area (Å²) in [7, 11) is 2.11.